The van der Waals surface area contributed by atoms with Crippen LogP contribution in [0, 0.1) is 0 Å². The minimum Gasteiger partial charge on any atom is -0.0895 e. The Morgan fingerprint density at radius 2 is 1.05 bits per heavy atom. The predicted octanol–water partition coefficient (Wildman–Crippen LogP) is 6.09. The van der Waals surface area contributed by atoms with E-state index in [1.165, 1.54) is 32.0 Å². The lowest BCUT2D eigenvalue weighted by molar-refractivity contribution is 0.985. The van der Waals surface area contributed by atoms with Crippen LogP contribution in [-0.4, -0.2) is 0 Å². The van der Waals surface area contributed by atoms with Gasteiger partial charge in [-0.25, -0.2) is 0 Å². The molecule has 0 unspecified atom stereocenters. The van der Waals surface area contributed by atoms with Gasteiger partial charge in [0.1, 0.15) is 0 Å². The molecule has 0 aliphatic rings. The maximum Gasteiger partial charge on any atom is 0.0157 e. The van der Waals surface area contributed by atoms with Crippen molar-refractivity contribution in [2.45, 2.75) is 63.2 Å². The van der Waals surface area contributed by atoms with Gasteiger partial charge in [-0.2, -0.15) is 0 Å². The highest BCUT2D eigenvalue weighted by atomic mass is 32.2. The summed E-state index contributed by atoms with van der Waals surface area (Å²) in [6, 6.07) is 13.5. The summed E-state index contributed by atoms with van der Waals surface area (Å²) in [5, 5.41) is 0. The van der Waals surface area contributed by atoms with E-state index in [1.807, 2.05) is 11.8 Å². The van der Waals surface area contributed by atoms with Gasteiger partial charge in [0.15, 0.2) is 0 Å². The van der Waals surface area contributed by atoms with Crippen LogP contribution in [0.3, 0.4) is 0 Å². The van der Waals surface area contributed by atoms with E-state index in [-0.39, 0.29) is 0 Å². The molecule has 1 heteroatoms. The molecule has 0 nitrogen and oxygen atoms in total. The monoisotopic (exact) mass is 298 g/mol. The average Bonchev–Trinajstić information content (AvgIpc) is 2.54. The molecule has 0 saturated carbocycles. The van der Waals surface area contributed by atoms with E-state index in [0.717, 1.165) is 25.7 Å². The van der Waals surface area contributed by atoms with Crippen LogP contribution in [0.25, 0.3) is 0 Å². The Hall–Kier alpha value is -1.21. The van der Waals surface area contributed by atoms with Gasteiger partial charge in [0.05, 0.1) is 0 Å². The maximum absolute atomic E-state index is 2.28. The molecule has 0 bridgehead atoms. The van der Waals surface area contributed by atoms with Gasteiger partial charge in [-0.05, 0) is 60.1 Å². The van der Waals surface area contributed by atoms with Crippen LogP contribution in [0.1, 0.15) is 49.9 Å². The number of rotatable bonds is 6. The second-order valence-electron chi connectivity index (χ2n) is 5.30. The first-order chi connectivity index (χ1) is 10.2. The molecule has 0 aromatic heterocycles. The molecule has 0 spiro atoms. The van der Waals surface area contributed by atoms with Gasteiger partial charge in [-0.3, -0.25) is 0 Å². The summed E-state index contributed by atoms with van der Waals surface area (Å²) in [7, 11) is 0. The van der Waals surface area contributed by atoms with E-state index in [9.17, 15) is 0 Å². The maximum atomic E-state index is 2.28. The highest BCUT2D eigenvalue weighted by molar-refractivity contribution is 7.99. The summed E-state index contributed by atoms with van der Waals surface area (Å²) in [6.45, 7) is 9.03. The van der Waals surface area contributed by atoms with Gasteiger partial charge < -0.3 is 0 Å². The largest absolute Gasteiger partial charge is 0.0895 e. The van der Waals surface area contributed by atoms with Crippen molar-refractivity contribution in [1.29, 1.82) is 0 Å². The quantitative estimate of drug-likeness (QED) is 0.622. The Labute approximate surface area is 134 Å². The SMILES string of the molecule is CCc1cccc(Sc2cccc(CC)c2CC)c1CC. The van der Waals surface area contributed by atoms with Crippen molar-refractivity contribution >= 4 is 11.8 Å². The summed E-state index contributed by atoms with van der Waals surface area (Å²) in [5.74, 6) is 0. The first-order valence-corrected chi connectivity index (χ1v) is 8.96. The van der Waals surface area contributed by atoms with E-state index in [2.05, 4.69) is 64.1 Å². The highest BCUT2D eigenvalue weighted by Crippen LogP contribution is 2.36. The van der Waals surface area contributed by atoms with Gasteiger partial charge in [-0.1, -0.05) is 63.7 Å². The molecule has 0 aliphatic carbocycles. The molecular weight excluding hydrogens is 272 g/mol. The fraction of sp³-hybridized carbons (Fsp3) is 0.400. The lowest BCUT2D eigenvalue weighted by Gasteiger charge is -2.15. The summed E-state index contributed by atoms with van der Waals surface area (Å²) in [4.78, 5) is 2.86. The Kier molecular flexibility index (Phi) is 5.93. The summed E-state index contributed by atoms with van der Waals surface area (Å²) < 4.78 is 0. The Morgan fingerprint density at radius 1 is 0.619 bits per heavy atom. The zero-order valence-corrected chi connectivity index (χ0v) is 14.5. The lowest BCUT2D eigenvalue weighted by Crippen LogP contribution is -1.96. The van der Waals surface area contributed by atoms with E-state index in [1.54, 1.807) is 0 Å². The van der Waals surface area contributed by atoms with Crippen LogP contribution >= 0.6 is 11.8 Å². The molecule has 2 aromatic rings. The smallest absolute Gasteiger partial charge is 0.0157 e. The van der Waals surface area contributed by atoms with E-state index in [0.29, 0.717) is 0 Å². The van der Waals surface area contributed by atoms with Crippen molar-refractivity contribution in [1.82, 2.24) is 0 Å². The van der Waals surface area contributed by atoms with Crippen LogP contribution in [0.4, 0.5) is 0 Å². The Morgan fingerprint density at radius 3 is 1.38 bits per heavy atom. The molecule has 21 heavy (non-hydrogen) atoms. The second kappa shape index (κ2) is 7.70. The third-order valence-corrected chi connectivity index (χ3v) is 5.35. The molecule has 0 saturated heterocycles. The van der Waals surface area contributed by atoms with Crippen molar-refractivity contribution in [3.05, 3.63) is 58.7 Å². The minimum atomic E-state index is 1.11. The van der Waals surface area contributed by atoms with Crippen LogP contribution in [-0.2, 0) is 25.7 Å². The van der Waals surface area contributed by atoms with Crippen LogP contribution < -0.4 is 0 Å². The normalized spacial score (nSPS) is 10.9. The predicted molar refractivity (Wildman–Crippen MR) is 94.5 cm³/mol. The molecule has 0 N–H and O–H groups in total. The highest BCUT2D eigenvalue weighted by Gasteiger charge is 2.11. The zero-order chi connectivity index (χ0) is 15.2. The Balaban J connectivity index is 2.43. The van der Waals surface area contributed by atoms with Crippen molar-refractivity contribution in [3.8, 4) is 0 Å². The zero-order valence-electron chi connectivity index (χ0n) is 13.7. The summed E-state index contributed by atoms with van der Waals surface area (Å²) in [6.07, 6.45) is 4.46. The first kappa shape index (κ1) is 16.2. The number of aryl methyl sites for hydroxylation is 2. The summed E-state index contributed by atoms with van der Waals surface area (Å²) in [5.41, 5.74) is 6.03. The molecule has 2 aromatic carbocycles. The number of hydrogen-bond donors (Lipinski definition) is 0. The summed E-state index contributed by atoms with van der Waals surface area (Å²) >= 11 is 1.95. The van der Waals surface area contributed by atoms with Crippen molar-refractivity contribution in [2.24, 2.45) is 0 Å². The molecular formula is C20H26S. The molecule has 0 aliphatic heterocycles. The number of benzene rings is 2. The molecule has 0 heterocycles. The third-order valence-electron chi connectivity index (χ3n) is 4.15. The van der Waals surface area contributed by atoms with Crippen LogP contribution in [0.5, 0.6) is 0 Å². The molecule has 2 rings (SSSR count). The lowest BCUT2D eigenvalue weighted by atomic mass is 10.0. The molecule has 112 valence electrons. The van der Waals surface area contributed by atoms with E-state index in [4.69, 9.17) is 0 Å². The Bertz CT molecular complexity index is 545. The standard InChI is InChI=1S/C20H26S/c1-5-15-11-9-13-19(17(15)7-3)21-20-14-10-12-16(6-2)18(20)8-4/h9-14H,5-8H2,1-4H3. The van der Waals surface area contributed by atoms with E-state index >= 15 is 0 Å². The van der Waals surface area contributed by atoms with Crippen LogP contribution in [0.15, 0.2) is 46.2 Å². The van der Waals surface area contributed by atoms with Gasteiger partial charge in [0.25, 0.3) is 0 Å². The topological polar surface area (TPSA) is 0 Å². The van der Waals surface area contributed by atoms with Gasteiger partial charge >= 0.3 is 0 Å². The molecule has 0 radical (unpaired) electrons. The van der Waals surface area contributed by atoms with Gasteiger partial charge in [0, 0.05) is 9.79 Å². The number of hydrogen-bond acceptors (Lipinski definition) is 1. The average molecular weight is 298 g/mol. The van der Waals surface area contributed by atoms with E-state index < -0.39 is 0 Å². The fourth-order valence-corrected chi connectivity index (χ4v) is 4.32. The molecule has 0 fully saturated rings. The molecule has 0 atom stereocenters. The van der Waals surface area contributed by atoms with Crippen molar-refractivity contribution < 1.29 is 0 Å². The van der Waals surface area contributed by atoms with Crippen LogP contribution in [0.2, 0.25) is 0 Å². The molecule has 0 amide bonds. The van der Waals surface area contributed by atoms with Crippen molar-refractivity contribution in [2.75, 3.05) is 0 Å². The first-order valence-electron chi connectivity index (χ1n) is 8.14. The fourth-order valence-electron chi connectivity index (χ4n) is 3.00. The minimum absolute atomic E-state index is 1.11. The van der Waals surface area contributed by atoms with Gasteiger partial charge in [-0.15, -0.1) is 0 Å². The third kappa shape index (κ3) is 3.52. The van der Waals surface area contributed by atoms with Crippen molar-refractivity contribution in [3.63, 3.8) is 0 Å². The second-order valence-corrected chi connectivity index (χ2v) is 6.39. The van der Waals surface area contributed by atoms with Gasteiger partial charge in [0.2, 0.25) is 0 Å².